The van der Waals surface area contributed by atoms with Crippen molar-refractivity contribution in [2.75, 3.05) is 9.80 Å². The fourth-order valence-electron chi connectivity index (χ4n) is 15.0. The maximum Gasteiger partial charge on any atom is 0.252 e. The van der Waals surface area contributed by atoms with E-state index in [1.807, 2.05) is 109 Å². The Morgan fingerprint density at radius 3 is 1.26 bits per heavy atom. The van der Waals surface area contributed by atoms with Gasteiger partial charge in [-0.3, -0.25) is 0 Å². The first kappa shape index (κ1) is 41.3. The first-order chi connectivity index (χ1) is 53.9. The van der Waals surface area contributed by atoms with Crippen LogP contribution in [0.4, 0.5) is 34.1 Å². The molecule has 7 heteroatoms. The predicted octanol–water partition coefficient (Wildman–Crippen LogP) is 21.2. The van der Waals surface area contributed by atoms with Crippen LogP contribution in [0.2, 0.25) is 0 Å². The lowest BCUT2D eigenvalue weighted by atomic mass is 9.33. The molecule has 0 saturated carbocycles. The van der Waals surface area contributed by atoms with Crippen molar-refractivity contribution in [2.24, 2.45) is 0 Å². The number of hydrogen-bond acceptors (Lipinski definition) is 3. The van der Waals surface area contributed by atoms with Crippen LogP contribution in [0.3, 0.4) is 0 Å². The van der Waals surface area contributed by atoms with Crippen LogP contribution in [0.5, 0.6) is 0 Å². The quantitative estimate of drug-likeness (QED) is 0.142. The highest BCUT2D eigenvalue weighted by Gasteiger charge is 2.45. The van der Waals surface area contributed by atoms with Gasteiger partial charge in [-0.25, -0.2) is 0 Å². The van der Waals surface area contributed by atoms with E-state index in [4.69, 9.17) is 8.22 Å². The summed E-state index contributed by atoms with van der Waals surface area (Å²) in [5.41, 5.74) is 14.4. The summed E-state index contributed by atoms with van der Waals surface area (Å²) in [6.07, 6.45) is 0. The maximum atomic E-state index is 11.9. The van der Waals surface area contributed by atoms with Crippen molar-refractivity contribution in [1.29, 1.82) is 5.26 Å². The third-order valence-electron chi connectivity index (χ3n) is 19.3. The van der Waals surface area contributed by atoms with E-state index < -0.39 is 109 Å². The summed E-state index contributed by atoms with van der Waals surface area (Å²) in [4.78, 5) is 4.29. The Balaban J connectivity index is 0.973. The molecule has 0 bridgehead atoms. The fourth-order valence-corrected chi connectivity index (χ4v) is 15.0. The number of anilines is 6. The summed E-state index contributed by atoms with van der Waals surface area (Å²) in [5, 5.41) is 13.5. The highest BCUT2D eigenvalue weighted by molar-refractivity contribution is 7.00. The van der Waals surface area contributed by atoms with Crippen LogP contribution < -0.4 is 26.2 Å². The molecule has 0 unspecified atom stereocenters. The molecule has 6 nitrogen and oxygen atoms in total. The van der Waals surface area contributed by atoms with E-state index >= 15 is 0 Å². The van der Waals surface area contributed by atoms with Gasteiger partial charge in [0.25, 0.3) is 6.71 Å². The van der Waals surface area contributed by atoms with Crippen molar-refractivity contribution in [2.45, 2.75) is 26.2 Å². The Bertz CT molecular complexity index is 6910. The second kappa shape index (κ2) is 21.3. The van der Waals surface area contributed by atoms with Gasteiger partial charge in [-0.05, 0) is 164 Å². The largest absolute Gasteiger partial charge is 0.311 e. The number of para-hydroxylation sites is 6. The van der Waals surface area contributed by atoms with Gasteiger partial charge >= 0.3 is 0 Å². The smallest absolute Gasteiger partial charge is 0.252 e. The molecular formula is C89H61BN6. The zero-order chi connectivity index (χ0) is 77.8. The molecule has 2 aliphatic heterocycles. The van der Waals surface area contributed by atoms with Crippen molar-refractivity contribution >= 4 is 123 Å². The van der Waals surface area contributed by atoms with Crippen LogP contribution in [0, 0.1) is 11.3 Å². The Hall–Kier alpha value is -12.4. The Labute approximate surface area is 579 Å². The predicted molar refractivity (Wildman–Crippen MR) is 403 cm³/mol. The molecular weight excluding hydrogens is 1160 g/mol. The van der Waals surface area contributed by atoms with E-state index in [9.17, 15) is 19.0 Å². The topological polar surface area (TPSA) is 45.1 Å². The lowest BCUT2D eigenvalue weighted by molar-refractivity contribution is 0.590. The van der Waals surface area contributed by atoms with Gasteiger partial charge in [0, 0.05) is 77.7 Å². The SMILES string of the molecule is [2H]c1c([2H])c([2H])c2c(c1[2H])c1c([2H])c([2H])c([2H])c([2H])c1n2-c1ccc2c(c1)N(c1cc(-n3c4ccccc4c4ccccc43)ccc1C#N)c1cc(C(C)(C)C)cc3c1B2c1ccc(-n2c4c([2H])c([2H])c([2H])c([2H])c4c4c([2H])c([2H])c([2H])c([2H])c42)cc1N3c1ccc(-c2cccc(-c3ccccc3)c2)cc1-c1ccccc1. The Kier molecular flexibility index (Phi) is 9.18. The second-order valence-electron chi connectivity index (χ2n) is 25.6. The van der Waals surface area contributed by atoms with Crippen LogP contribution in [0.15, 0.2) is 315 Å². The molecule has 0 saturated heterocycles. The molecule has 2 aliphatic rings. The summed E-state index contributed by atoms with van der Waals surface area (Å²) in [6.45, 7) is 5.57. The third-order valence-corrected chi connectivity index (χ3v) is 19.3. The lowest BCUT2D eigenvalue weighted by Gasteiger charge is -2.45. The number of hydrogen-bond donors (Lipinski definition) is 0. The monoisotopic (exact) mass is 1240 g/mol. The summed E-state index contributed by atoms with van der Waals surface area (Å²) >= 11 is 0. The van der Waals surface area contributed by atoms with Crippen LogP contribution in [0.1, 0.15) is 53.8 Å². The van der Waals surface area contributed by atoms with Crippen molar-refractivity contribution in [1.82, 2.24) is 13.7 Å². The molecule has 96 heavy (non-hydrogen) atoms. The van der Waals surface area contributed by atoms with E-state index in [0.29, 0.717) is 56.4 Å². The highest BCUT2D eigenvalue weighted by atomic mass is 15.2. The fraction of sp³-hybridized carbons (Fsp3) is 0.0449. The lowest BCUT2D eigenvalue weighted by Crippen LogP contribution is -2.61. The van der Waals surface area contributed by atoms with Gasteiger partial charge in [-0.15, -0.1) is 0 Å². The molecule has 0 radical (unpaired) electrons. The van der Waals surface area contributed by atoms with Gasteiger partial charge in [0.15, 0.2) is 0 Å². The minimum atomic E-state index is -0.786. The molecule has 14 aromatic carbocycles. The van der Waals surface area contributed by atoms with Crippen LogP contribution in [-0.2, 0) is 5.41 Å². The molecule has 0 N–H and O–H groups in total. The van der Waals surface area contributed by atoms with Crippen LogP contribution >= 0.6 is 0 Å². The van der Waals surface area contributed by atoms with Gasteiger partial charge in [0.05, 0.1) is 72.0 Å². The maximum absolute atomic E-state index is 11.9. The van der Waals surface area contributed by atoms with E-state index in [1.54, 1.807) is 12.1 Å². The van der Waals surface area contributed by atoms with Gasteiger partial charge in [0.1, 0.15) is 6.07 Å². The molecule has 3 aromatic heterocycles. The molecule has 0 amide bonds. The molecule has 0 atom stereocenters. The van der Waals surface area contributed by atoms with E-state index in [2.05, 4.69) is 138 Å². The zero-order valence-corrected chi connectivity index (χ0v) is 52.0. The van der Waals surface area contributed by atoms with Crippen molar-refractivity contribution < 1.29 is 21.9 Å². The number of nitriles is 1. The number of rotatable bonds is 8. The first-order valence-corrected chi connectivity index (χ1v) is 31.8. The van der Waals surface area contributed by atoms with Crippen molar-refractivity contribution in [3.63, 3.8) is 0 Å². The zero-order valence-electron chi connectivity index (χ0n) is 68.0. The van der Waals surface area contributed by atoms with E-state index in [-0.39, 0.29) is 54.9 Å². The van der Waals surface area contributed by atoms with Crippen molar-refractivity contribution in [3.8, 4) is 56.5 Å². The molecule has 17 aromatic rings. The summed E-state index contributed by atoms with van der Waals surface area (Å²) in [7, 11) is 0. The molecule has 5 heterocycles. The number of nitrogens with zero attached hydrogens (tertiary/aromatic N) is 6. The average Bonchev–Trinajstić information content (AvgIpc) is 1.44. The summed E-state index contributed by atoms with van der Waals surface area (Å²) in [5.74, 6) is 0. The minimum Gasteiger partial charge on any atom is -0.311 e. The number of aromatic nitrogens is 3. The van der Waals surface area contributed by atoms with Crippen LogP contribution in [0.25, 0.3) is 116 Å². The van der Waals surface area contributed by atoms with E-state index in [1.165, 1.54) is 9.13 Å². The normalized spacial score (nSPS) is 15.0. The van der Waals surface area contributed by atoms with Crippen LogP contribution in [-0.4, -0.2) is 20.4 Å². The second-order valence-corrected chi connectivity index (χ2v) is 25.6. The minimum absolute atomic E-state index is 0.0672. The van der Waals surface area contributed by atoms with Crippen molar-refractivity contribution in [3.05, 3.63) is 326 Å². The molecule has 19 rings (SSSR count). The van der Waals surface area contributed by atoms with E-state index in [0.717, 1.165) is 66.2 Å². The van der Waals surface area contributed by atoms with Gasteiger partial charge in [0.2, 0.25) is 0 Å². The standard InChI is InChI=1S/C89H61BN6/c1-89(2,3)63-51-86-88-87(52-63)96(83-53-64(43-41-62(83)56-91)92-76-35-16-10-29-67(76)68-30-11-17-36-77(68)92)85-55-66(94-80-39-20-14-33-71(80)72-34-15-21-40-81(72)94)45-47-75(85)90(88)74-46-44-65(93-78-37-18-12-31-69(78)70-32-13-19-38-79(70)93)54-84(74)95(86)82-48-42-61(50-73(82)58-25-8-5-9-26-58)60-28-22-27-59(49-60)57-23-6-4-7-24-57/h4-55H,1-3H3/i12D,13D,14D,15D,18D,19D,20D,21D,31D,32D,33D,34D,37D,38D,39D,40D. The summed E-state index contributed by atoms with van der Waals surface area (Å²) < 4.78 is 155. The molecule has 0 fully saturated rings. The highest BCUT2D eigenvalue weighted by Crippen LogP contribution is 2.51. The summed E-state index contributed by atoms with van der Waals surface area (Å²) in [6, 6.07) is 66.7. The number of benzene rings is 14. The third kappa shape index (κ3) is 8.38. The Morgan fingerprint density at radius 1 is 0.333 bits per heavy atom. The first-order valence-electron chi connectivity index (χ1n) is 39.8. The number of fused-ring (bicyclic) bond motifs is 13. The van der Waals surface area contributed by atoms with Gasteiger partial charge in [-0.2, -0.15) is 5.26 Å². The van der Waals surface area contributed by atoms with Gasteiger partial charge in [-0.1, -0.05) is 227 Å². The molecule has 450 valence electrons. The molecule has 0 aliphatic carbocycles. The Morgan fingerprint density at radius 2 is 0.750 bits per heavy atom. The molecule has 0 spiro atoms. The van der Waals surface area contributed by atoms with Gasteiger partial charge < -0.3 is 23.5 Å². The average molecular weight is 1240 g/mol.